The van der Waals surface area contributed by atoms with E-state index in [-0.39, 0.29) is 0 Å². The van der Waals surface area contributed by atoms with Crippen molar-refractivity contribution in [3.05, 3.63) is 200 Å². The normalized spacial score (nSPS) is 11.6. The molecule has 0 radical (unpaired) electrons. The molecular formula is C52H33NOS. The molecule has 0 saturated heterocycles. The van der Waals surface area contributed by atoms with Crippen molar-refractivity contribution in [1.82, 2.24) is 0 Å². The third-order valence-electron chi connectivity index (χ3n) is 10.8. The van der Waals surface area contributed by atoms with E-state index in [2.05, 4.69) is 199 Å². The highest BCUT2D eigenvalue weighted by Gasteiger charge is 2.23. The first-order valence-electron chi connectivity index (χ1n) is 18.7. The van der Waals surface area contributed by atoms with Gasteiger partial charge in [0.2, 0.25) is 0 Å². The second kappa shape index (κ2) is 12.9. The van der Waals surface area contributed by atoms with Gasteiger partial charge in [-0.3, -0.25) is 0 Å². The largest absolute Gasteiger partial charge is 0.456 e. The first-order valence-corrected chi connectivity index (χ1v) is 19.5. The Morgan fingerprint density at radius 2 is 1.00 bits per heavy atom. The summed E-state index contributed by atoms with van der Waals surface area (Å²) in [7, 11) is 0. The molecule has 0 N–H and O–H groups in total. The Hall–Kier alpha value is -6.94. The zero-order valence-corrected chi connectivity index (χ0v) is 30.6. The van der Waals surface area contributed by atoms with E-state index in [1.165, 1.54) is 53.2 Å². The van der Waals surface area contributed by atoms with Gasteiger partial charge in [-0.25, -0.2) is 0 Å². The van der Waals surface area contributed by atoms with Gasteiger partial charge in [-0.05, 0) is 93.2 Å². The Morgan fingerprint density at radius 3 is 1.91 bits per heavy atom. The predicted octanol–water partition coefficient (Wildman–Crippen LogP) is 15.6. The van der Waals surface area contributed by atoms with Crippen LogP contribution >= 0.6 is 11.3 Å². The van der Waals surface area contributed by atoms with Crippen LogP contribution in [0.3, 0.4) is 0 Å². The Morgan fingerprint density at radius 1 is 0.364 bits per heavy atom. The first kappa shape index (κ1) is 31.6. The predicted molar refractivity (Wildman–Crippen MR) is 235 cm³/mol. The topological polar surface area (TPSA) is 16.4 Å². The lowest BCUT2D eigenvalue weighted by Gasteiger charge is -2.29. The van der Waals surface area contributed by atoms with Crippen LogP contribution in [0.1, 0.15) is 0 Å². The minimum Gasteiger partial charge on any atom is -0.456 e. The van der Waals surface area contributed by atoms with E-state index >= 15 is 0 Å². The van der Waals surface area contributed by atoms with Crippen molar-refractivity contribution in [1.29, 1.82) is 0 Å². The van der Waals surface area contributed by atoms with Crippen LogP contribution in [-0.4, -0.2) is 0 Å². The van der Waals surface area contributed by atoms with Crippen molar-refractivity contribution >= 4 is 81.3 Å². The van der Waals surface area contributed by atoms with Gasteiger partial charge < -0.3 is 9.32 Å². The Labute approximate surface area is 322 Å². The maximum atomic E-state index is 6.49. The summed E-state index contributed by atoms with van der Waals surface area (Å²) in [4.78, 5) is 2.44. The van der Waals surface area contributed by atoms with E-state index in [4.69, 9.17) is 4.42 Å². The smallest absolute Gasteiger partial charge is 0.137 e. The summed E-state index contributed by atoms with van der Waals surface area (Å²) in [5.74, 6) is 0. The Balaban J connectivity index is 1.18. The summed E-state index contributed by atoms with van der Waals surface area (Å²) >= 11 is 1.87. The van der Waals surface area contributed by atoms with E-state index in [0.29, 0.717) is 0 Å². The van der Waals surface area contributed by atoms with Crippen molar-refractivity contribution in [3.8, 4) is 33.4 Å². The molecule has 0 fully saturated rings. The third-order valence-corrected chi connectivity index (χ3v) is 12.0. The monoisotopic (exact) mass is 719 g/mol. The van der Waals surface area contributed by atoms with Gasteiger partial charge in [-0.2, -0.15) is 0 Å². The molecule has 9 aromatic carbocycles. The van der Waals surface area contributed by atoms with Crippen molar-refractivity contribution in [2.75, 3.05) is 4.90 Å². The van der Waals surface area contributed by atoms with E-state index in [1.807, 2.05) is 17.4 Å². The van der Waals surface area contributed by atoms with Gasteiger partial charge in [0.05, 0.1) is 16.8 Å². The third kappa shape index (κ3) is 5.24. The van der Waals surface area contributed by atoms with Crippen LogP contribution in [0.25, 0.3) is 86.3 Å². The molecule has 3 heteroatoms. The summed E-state index contributed by atoms with van der Waals surface area (Å²) in [6.07, 6.45) is 0. The summed E-state index contributed by atoms with van der Waals surface area (Å²) < 4.78 is 9.10. The van der Waals surface area contributed by atoms with Crippen LogP contribution < -0.4 is 4.90 Å². The van der Waals surface area contributed by atoms with Crippen molar-refractivity contribution < 1.29 is 4.42 Å². The van der Waals surface area contributed by atoms with E-state index in [0.717, 1.165) is 50.1 Å². The molecule has 2 nitrogen and oxygen atoms in total. The highest BCUT2D eigenvalue weighted by molar-refractivity contribution is 7.26. The summed E-state index contributed by atoms with van der Waals surface area (Å²) in [6.45, 7) is 0. The van der Waals surface area contributed by atoms with Gasteiger partial charge in [-0.1, -0.05) is 146 Å². The minimum absolute atomic E-state index is 0.865. The van der Waals surface area contributed by atoms with Crippen LogP contribution in [0.4, 0.5) is 17.1 Å². The van der Waals surface area contributed by atoms with Gasteiger partial charge in [0.1, 0.15) is 11.2 Å². The highest BCUT2D eigenvalue weighted by Crippen LogP contribution is 2.49. The summed E-state index contributed by atoms with van der Waals surface area (Å²) in [6, 6.07) is 72.2. The molecule has 0 saturated carbocycles. The molecule has 0 aliphatic heterocycles. The number of rotatable bonds is 6. The molecule has 11 rings (SSSR count). The van der Waals surface area contributed by atoms with Gasteiger partial charge >= 0.3 is 0 Å². The van der Waals surface area contributed by atoms with E-state index in [1.54, 1.807) is 0 Å². The molecule has 2 aromatic heterocycles. The average Bonchev–Trinajstić information content (AvgIpc) is 3.83. The number of anilines is 3. The lowest BCUT2D eigenvalue weighted by atomic mass is 9.93. The zero-order chi connectivity index (χ0) is 36.3. The van der Waals surface area contributed by atoms with Gasteiger partial charge in [0, 0.05) is 36.8 Å². The molecule has 11 aromatic rings. The quantitative estimate of drug-likeness (QED) is 0.170. The summed E-state index contributed by atoms with van der Waals surface area (Å²) in [5, 5.41) is 7.32. The molecule has 55 heavy (non-hydrogen) atoms. The van der Waals surface area contributed by atoms with Crippen LogP contribution in [0.2, 0.25) is 0 Å². The average molecular weight is 720 g/mol. The van der Waals surface area contributed by atoms with E-state index < -0.39 is 0 Å². The second-order valence-corrected chi connectivity index (χ2v) is 15.1. The van der Waals surface area contributed by atoms with Crippen molar-refractivity contribution in [2.24, 2.45) is 0 Å². The van der Waals surface area contributed by atoms with Crippen molar-refractivity contribution in [3.63, 3.8) is 0 Å². The number of thiophene rings is 1. The van der Waals surface area contributed by atoms with Gasteiger partial charge in [-0.15, -0.1) is 11.3 Å². The maximum Gasteiger partial charge on any atom is 0.137 e. The molecule has 0 aliphatic carbocycles. The van der Waals surface area contributed by atoms with Crippen molar-refractivity contribution in [2.45, 2.75) is 0 Å². The number of hydrogen-bond donors (Lipinski definition) is 0. The number of hydrogen-bond acceptors (Lipinski definition) is 3. The van der Waals surface area contributed by atoms with Gasteiger partial charge in [0.25, 0.3) is 0 Å². The molecule has 258 valence electrons. The number of benzene rings is 9. The Bertz CT molecular complexity index is 3230. The maximum absolute atomic E-state index is 6.49. The van der Waals surface area contributed by atoms with Crippen LogP contribution in [0.5, 0.6) is 0 Å². The highest BCUT2D eigenvalue weighted by atomic mass is 32.1. The fraction of sp³-hybridized carbons (Fsp3) is 0. The van der Waals surface area contributed by atoms with E-state index in [9.17, 15) is 0 Å². The summed E-state index contributed by atoms with van der Waals surface area (Å²) in [5.41, 5.74) is 12.1. The SMILES string of the molecule is c1ccc(-c2cccc(-c3cccc(N(c4ccccc4-c4cccc5ccc6sc7ccccc7c6c45)c4cccc5oc6ccccc6c45)c3)c2)cc1. The first-order chi connectivity index (χ1) is 27.3. The molecule has 0 atom stereocenters. The number of fused-ring (bicyclic) bond motifs is 8. The molecule has 2 heterocycles. The molecule has 0 unspecified atom stereocenters. The molecular weight excluding hydrogens is 687 g/mol. The number of para-hydroxylation sites is 2. The number of furan rings is 1. The fourth-order valence-corrected chi connectivity index (χ4v) is 9.51. The molecule has 0 amide bonds. The second-order valence-electron chi connectivity index (χ2n) is 14.0. The fourth-order valence-electron chi connectivity index (χ4n) is 8.40. The molecule has 0 spiro atoms. The molecule has 0 bridgehead atoms. The van der Waals surface area contributed by atoms with Crippen LogP contribution in [0, 0.1) is 0 Å². The zero-order valence-electron chi connectivity index (χ0n) is 29.8. The minimum atomic E-state index is 0.865. The lowest BCUT2D eigenvalue weighted by Crippen LogP contribution is -2.11. The van der Waals surface area contributed by atoms with Crippen LogP contribution in [-0.2, 0) is 0 Å². The van der Waals surface area contributed by atoms with Gasteiger partial charge in [0.15, 0.2) is 0 Å². The standard InChI is InChI=1S/C52H33NOS/c1-2-14-34(15-3-1)36-17-10-18-37(32-36)38-19-11-20-39(33-38)53(45-26-13-28-47-51(45)42-22-5-8-27-46(42)54-47)44-25-7-4-21-40(44)41-24-12-16-35-30-31-49-52(50(35)41)43-23-6-9-29-48(43)55-49/h1-33H. The lowest BCUT2D eigenvalue weighted by molar-refractivity contribution is 0.669. The Kier molecular flexibility index (Phi) is 7.39. The number of nitrogens with zero attached hydrogens (tertiary/aromatic N) is 1. The molecule has 0 aliphatic rings. The van der Waals surface area contributed by atoms with Crippen LogP contribution in [0.15, 0.2) is 205 Å².